The molecule has 4 nitrogen and oxygen atoms in total. The van der Waals surface area contributed by atoms with Gasteiger partial charge in [0.15, 0.2) is 11.6 Å². The Labute approximate surface area is 102 Å². The minimum atomic E-state index is -1.31. The van der Waals surface area contributed by atoms with E-state index in [1.165, 1.54) is 6.08 Å². The molecular weight excluding hydrogens is 244 g/mol. The third-order valence-electron chi connectivity index (χ3n) is 2.20. The number of nitrogens with one attached hydrogen (secondary N) is 1. The fourth-order valence-electron chi connectivity index (χ4n) is 1.30. The first kappa shape index (κ1) is 13.8. The van der Waals surface area contributed by atoms with E-state index in [1.807, 2.05) is 0 Å². The van der Waals surface area contributed by atoms with Crippen LogP contribution in [0.5, 0.6) is 0 Å². The van der Waals surface area contributed by atoms with Crippen molar-refractivity contribution >= 4 is 11.9 Å². The molecule has 0 saturated carbocycles. The van der Waals surface area contributed by atoms with Crippen LogP contribution in [-0.4, -0.2) is 23.0 Å². The molecule has 2 N–H and O–H groups in total. The van der Waals surface area contributed by atoms with E-state index in [-0.39, 0.29) is 6.42 Å². The lowest BCUT2D eigenvalue weighted by atomic mass is 10.1. The number of carbonyl (C=O) groups is 2. The molecule has 96 valence electrons. The van der Waals surface area contributed by atoms with E-state index in [2.05, 4.69) is 11.9 Å². The van der Waals surface area contributed by atoms with Crippen molar-refractivity contribution in [3.63, 3.8) is 0 Å². The Morgan fingerprint density at radius 3 is 2.67 bits per heavy atom. The molecule has 1 atom stereocenters. The Balaban J connectivity index is 2.90. The van der Waals surface area contributed by atoms with E-state index < -0.39 is 35.1 Å². The quantitative estimate of drug-likeness (QED) is 0.787. The van der Waals surface area contributed by atoms with E-state index in [9.17, 15) is 18.4 Å². The Hall–Kier alpha value is -2.24. The fourth-order valence-corrected chi connectivity index (χ4v) is 1.30. The largest absolute Gasteiger partial charge is 0.480 e. The van der Waals surface area contributed by atoms with Gasteiger partial charge in [-0.25, -0.2) is 13.6 Å². The van der Waals surface area contributed by atoms with Crippen LogP contribution in [-0.2, 0) is 4.79 Å². The maximum Gasteiger partial charge on any atom is 0.326 e. The van der Waals surface area contributed by atoms with Crippen molar-refractivity contribution in [2.24, 2.45) is 0 Å². The molecule has 1 aromatic rings. The summed E-state index contributed by atoms with van der Waals surface area (Å²) >= 11 is 0. The summed E-state index contributed by atoms with van der Waals surface area (Å²) in [5.41, 5.74) is -0.537. The van der Waals surface area contributed by atoms with Crippen LogP contribution in [0.15, 0.2) is 30.9 Å². The molecular formula is C12H11F2NO3. The van der Waals surface area contributed by atoms with Crippen LogP contribution in [0.1, 0.15) is 16.8 Å². The van der Waals surface area contributed by atoms with Gasteiger partial charge >= 0.3 is 5.97 Å². The third kappa shape index (κ3) is 3.13. The second kappa shape index (κ2) is 5.90. The molecule has 0 aliphatic carbocycles. The van der Waals surface area contributed by atoms with Gasteiger partial charge in [-0.3, -0.25) is 4.79 Å². The van der Waals surface area contributed by atoms with E-state index in [4.69, 9.17) is 5.11 Å². The Morgan fingerprint density at radius 1 is 1.44 bits per heavy atom. The summed E-state index contributed by atoms with van der Waals surface area (Å²) in [5, 5.41) is 10.9. The minimum absolute atomic E-state index is 0.0159. The van der Waals surface area contributed by atoms with Gasteiger partial charge in [0.1, 0.15) is 6.04 Å². The molecule has 1 aromatic carbocycles. The van der Waals surface area contributed by atoms with Crippen LogP contribution >= 0.6 is 0 Å². The monoisotopic (exact) mass is 255 g/mol. The smallest absolute Gasteiger partial charge is 0.326 e. The number of carboxylic acid groups (broad SMARTS) is 1. The summed E-state index contributed by atoms with van der Waals surface area (Å²) in [6.45, 7) is 3.35. The van der Waals surface area contributed by atoms with Crippen molar-refractivity contribution in [3.05, 3.63) is 48.1 Å². The molecule has 0 aliphatic rings. The molecule has 1 amide bonds. The highest BCUT2D eigenvalue weighted by Crippen LogP contribution is 2.11. The number of halogens is 2. The van der Waals surface area contributed by atoms with Crippen LogP contribution in [0.2, 0.25) is 0 Å². The van der Waals surface area contributed by atoms with Gasteiger partial charge in [-0.2, -0.15) is 0 Å². The maximum absolute atomic E-state index is 13.3. The van der Waals surface area contributed by atoms with Crippen molar-refractivity contribution in [2.45, 2.75) is 12.5 Å². The lowest BCUT2D eigenvalue weighted by Crippen LogP contribution is -2.40. The van der Waals surface area contributed by atoms with Crippen LogP contribution in [0.4, 0.5) is 8.78 Å². The average Bonchev–Trinajstić information content (AvgIpc) is 2.31. The zero-order valence-corrected chi connectivity index (χ0v) is 9.32. The maximum atomic E-state index is 13.3. The topological polar surface area (TPSA) is 66.4 Å². The van der Waals surface area contributed by atoms with Crippen molar-refractivity contribution in [1.29, 1.82) is 0 Å². The van der Waals surface area contributed by atoms with Gasteiger partial charge in [-0.1, -0.05) is 12.1 Å². The van der Waals surface area contributed by atoms with Crippen LogP contribution in [0, 0.1) is 11.6 Å². The minimum Gasteiger partial charge on any atom is -0.480 e. The summed E-state index contributed by atoms with van der Waals surface area (Å²) in [5.74, 6) is -4.74. The lowest BCUT2D eigenvalue weighted by molar-refractivity contribution is -0.139. The Bertz CT molecular complexity index is 488. The van der Waals surface area contributed by atoms with E-state index >= 15 is 0 Å². The standard InChI is InChI=1S/C12H11F2NO3/c1-2-4-9(12(17)18)15-11(16)7-5-3-6-8(13)10(7)14/h2-3,5-6,9H,1,4H2,(H,15,16)(H,17,18)/t9-/m0/s1. The number of hydrogen-bond acceptors (Lipinski definition) is 2. The highest BCUT2D eigenvalue weighted by atomic mass is 19.2. The number of carbonyl (C=O) groups excluding carboxylic acids is 1. The number of amides is 1. The van der Waals surface area contributed by atoms with E-state index in [0.29, 0.717) is 0 Å². The molecule has 0 heterocycles. The van der Waals surface area contributed by atoms with Crippen LogP contribution < -0.4 is 5.32 Å². The normalized spacial score (nSPS) is 11.7. The SMILES string of the molecule is C=CC[C@H](NC(=O)c1cccc(F)c1F)C(=O)O. The first-order valence-electron chi connectivity index (χ1n) is 5.06. The predicted octanol–water partition coefficient (Wildman–Crippen LogP) is 1.72. The van der Waals surface area contributed by atoms with Gasteiger partial charge < -0.3 is 10.4 Å². The van der Waals surface area contributed by atoms with Crippen LogP contribution in [0.3, 0.4) is 0 Å². The molecule has 0 fully saturated rings. The van der Waals surface area contributed by atoms with Gasteiger partial charge in [0.05, 0.1) is 5.56 Å². The molecule has 0 saturated heterocycles. The molecule has 0 radical (unpaired) electrons. The first-order chi connectivity index (χ1) is 8.47. The summed E-state index contributed by atoms with van der Waals surface area (Å²) < 4.78 is 26.2. The van der Waals surface area contributed by atoms with Crippen molar-refractivity contribution in [1.82, 2.24) is 5.32 Å². The van der Waals surface area contributed by atoms with Crippen molar-refractivity contribution < 1.29 is 23.5 Å². The number of rotatable bonds is 5. The van der Waals surface area contributed by atoms with Crippen molar-refractivity contribution in [2.75, 3.05) is 0 Å². The predicted molar refractivity (Wildman–Crippen MR) is 60.1 cm³/mol. The third-order valence-corrected chi connectivity index (χ3v) is 2.20. The van der Waals surface area contributed by atoms with E-state index in [0.717, 1.165) is 18.2 Å². The molecule has 0 aliphatic heterocycles. The number of hydrogen-bond donors (Lipinski definition) is 2. The molecule has 0 unspecified atom stereocenters. The summed E-state index contributed by atoms with van der Waals surface area (Å²) in [6, 6.07) is 1.87. The highest BCUT2D eigenvalue weighted by Gasteiger charge is 2.22. The molecule has 1 rings (SSSR count). The lowest BCUT2D eigenvalue weighted by Gasteiger charge is -2.12. The second-order valence-corrected chi connectivity index (χ2v) is 3.49. The zero-order valence-electron chi connectivity index (χ0n) is 9.32. The fraction of sp³-hybridized carbons (Fsp3) is 0.167. The van der Waals surface area contributed by atoms with Gasteiger partial charge in [0, 0.05) is 0 Å². The van der Waals surface area contributed by atoms with Gasteiger partial charge in [0.25, 0.3) is 5.91 Å². The molecule has 0 spiro atoms. The number of carboxylic acids is 1. The van der Waals surface area contributed by atoms with Gasteiger partial charge in [0.2, 0.25) is 0 Å². The molecule has 0 bridgehead atoms. The first-order valence-corrected chi connectivity index (χ1v) is 5.06. The van der Waals surface area contributed by atoms with Crippen molar-refractivity contribution in [3.8, 4) is 0 Å². The number of aliphatic carboxylic acids is 1. The number of benzene rings is 1. The van der Waals surface area contributed by atoms with Gasteiger partial charge in [-0.05, 0) is 18.6 Å². The highest BCUT2D eigenvalue weighted by molar-refractivity contribution is 5.96. The average molecular weight is 255 g/mol. The van der Waals surface area contributed by atoms with E-state index in [1.54, 1.807) is 0 Å². The second-order valence-electron chi connectivity index (χ2n) is 3.49. The summed E-state index contributed by atoms with van der Waals surface area (Å²) in [7, 11) is 0. The molecule has 0 aromatic heterocycles. The zero-order chi connectivity index (χ0) is 13.7. The molecule has 6 heteroatoms. The van der Waals surface area contributed by atoms with Gasteiger partial charge in [-0.15, -0.1) is 6.58 Å². The van der Waals surface area contributed by atoms with Crippen LogP contribution in [0.25, 0.3) is 0 Å². The summed E-state index contributed by atoms with van der Waals surface area (Å²) in [4.78, 5) is 22.4. The molecule has 18 heavy (non-hydrogen) atoms. The summed E-state index contributed by atoms with van der Waals surface area (Å²) in [6.07, 6.45) is 1.29. The Kier molecular flexibility index (Phi) is 4.53. The Morgan fingerprint density at radius 2 is 2.11 bits per heavy atom.